The van der Waals surface area contributed by atoms with E-state index in [2.05, 4.69) is 24.1 Å². The van der Waals surface area contributed by atoms with Crippen LogP contribution in [0.25, 0.3) is 0 Å². The predicted molar refractivity (Wildman–Crippen MR) is 66.2 cm³/mol. The number of hydrogen-bond acceptors (Lipinski definition) is 3. The molecule has 1 aliphatic rings. The maximum atomic E-state index is 11.3. The monoisotopic (exact) mass is 227 g/mol. The molecule has 0 aromatic heterocycles. The highest BCUT2D eigenvalue weighted by atomic mass is 16.1. The zero-order chi connectivity index (χ0) is 12.0. The molecule has 1 unspecified atom stereocenters. The smallest absolute Gasteiger partial charge is 0.234 e. The van der Waals surface area contributed by atoms with Crippen molar-refractivity contribution >= 4 is 5.91 Å². The van der Waals surface area contributed by atoms with Crippen molar-refractivity contribution in [2.24, 2.45) is 5.73 Å². The number of carbonyl (C=O) groups is 1. The lowest BCUT2D eigenvalue weighted by Gasteiger charge is -2.33. The van der Waals surface area contributed by atoms with Gasteiger partial charge >= 0.3 is 0 Å². The third kappa shape index (κ3) is 4.49. The minimum atomic E-state index is -0.156. The molecule has 0 aromatic rings. The third-order valence-electron chi connectivity index (χ3n) is 3.12. The molecule has 0 aromatic carbocycles. The summed E-state index contributed by atoms with van der Waals surface area (Å²) in [5.41, 5.74) is 5.41. The highest BCUT2D eigenvalue weighted by molar-refractivity contribution is 5.79. The molecule has 0 radical (unpaired) electrons. The first-order chi connectivity index (χ1) is 7.61. The van der Waals surface area contributed by atoms with Gasteiger partial charge in [0.15, 0.2) is 0 Å². The van der Waals surface area contributed by atoms with Gasteiger partial charge in [0.25, 0.3) is 0 Å². The average molecular weight is 227 g/mol. The number of primary amides is 1. The quantitative estimate of drug-likeness (QED) is 0.657. The first-order valence-electron chi connectivity index (χ1n) is 6.38. The van der Waals surface area contributed by atoms with E-state index in [0.29, 0.717) is 6.04 Å². The molecule has 0 saturated carbocycles. The second-order valence-corrected chi connectivity index (χ2v) is 4.91. The van der Waals surface area contributed by atoms with Crippen molar-refractivity contribution in [3.8, 4) is 0 Å². The van der Waals surface area contributed by atoms with Crippen LogP contribution in [0.4, 0.5) is 0 Å². The van der Waals surface area contributed by atoms with Crippen LogP contribution in [0.5, 0.6) is 0 Å². The lowest BCUT2D eigenvalue weighted by molar-refractivity contribution is -0.124. The van der Waals surface area contributed by atoms with Crippen LogP contribution in [0, 0.1) is 0 Å². The fourth-order valence-corrected chi connectivity index (χ4v) is 2.25. The summed E-state index contributed by atoms with van der Waals surface area (Å²) in [7, 11) is 0. The average Bonchev–Trinajstić information content (AvgIpc) is 2.24. The van der Waals surface area contributed by atoms with Crippen LogP contribution in [-0.4, -0.2) is 42.5 Å². The number of nitrogens with two attached hydrogens (primary N) is 1. The van der Waals surface area contributed by atoms with Gasteiger partial charge in [-0.3, -0.25) is 9.69 Å². The summed E-state index contributed by atoms with van der Waals surface area (Å²) >= 11 is 0. The zero-order valence-electron chi connectivity index (χ0n) is 10.5. The molecule has 1 atom stereocenters. The van der Waals surface area contributed by atoms with Crippen LogP contribution < -0.4 is 11.1 Å². The molecule has 1 fully saturated rings. The summed E-state index contributed by atoms with van der Waals surface area (Å²) in [6.45, 7) is 7.31. The molecular weight excluding hydrogens is 202 g/mol. The van der Waals surface area contributed by atoms with Gasteiger partial charge in [-0.05, 0) is 32.4 Å². The fraction of sp³-hybridized carbons (Fsp3) is 0.917. The molecule has 1 heterocycles. The van der Waals surface area contributed by atoms with E-state index in [1.54, 1.807) is 0 Å². The summed E-state index contributed by atoms with van der Waals surface area (Å²) in [5.74, 6) is -0.156. The molecule has 3 N–H and O–H groups in total. The highest BCUT2D eigenvalue weighted by Gasteiger charge is 2.25. The molecule has 1 saturated heterocycles. The molecule has 94 valence electrons. The van der Waals surface area contributed by atoms with E-state index in [-0.39, 0.29) is 11.9 Å². The minimum Gasteiger partial charge on any atom is -0.368 e. The van der Waals surface area contributed by atoms with Gasteiger partial charge in [-0.1, -0.05) is 20.3 Å². The molecule has 1 aliphatic heterocycles. The Hall–Kier alpha value is -0.610. The number of carbonyl (C=O) groups excluding carboxylic acids is 1. The molecule has 4 heteroatoms. The standard InChI is InChI=1S/C12H25N3O/c1-10(2)14-7-5-9-15-8-4-3-6-11(15)12(13)16/h10-11,14H,3-9H2,1-2H3,(H2,13,16). The van der Waals surface area contributed by atoms with Gasteiger partial charge in [0.1, 0.15) is 0 Å². The van der Waals surface area contributed by atoms with E-state index in [4.69, 9.17) is 5.73 Å². The number of hydrogen-bond donors (Lipinski definition) is 2. The van der Waals surface area contributed by atoms with Gasteiger partial charge in [0, 0.05) is 12.6 Å². The van der Waals surface area contributed by atoms with Crippen LogP contribution in [0.15, 0.2) is 0 Å². The SMILES string of the molecule is CC(C)NCCCN1CCCCC1C(N)=O. The number of piperidine rings is 1. The van der Waals surface area contributed by atoms with Crippen molar-refractivity contribution in [1.82, 2.24) is 10.2 Å². The largest absolute Gasteiger partial charge is 0.368 e. The topological polar surface area (TPSA) is 58.4 Å². The molecular formula is C12H25N3O. The molecule has 0 spiro atoms. The molecule has 4 nitrogen and oxygen atoms in total. The van der Waals surface area contributed by atoms with E-state index in [0.717, 1.165) is 38.9 Å². The third-order valence-corrected chi connectivity index (χ3v) is 3.12. The van der Waals surface area contributed by atoms with Crippen LogP contribution in [0.2, 0.25) is 0 Å². The van der Waals surface area contributed by atoms with Crippen LogP contribution in [0.1, 0.15) is 39.5 Å². The van der Waals surface area contributed by atoms with E-state index in [1.165, 1.54) is 6.42 Å². The Morgan fingerprint density at radius 2 is 2.25 bits per heavy atom. The van der Waals surface area contributed by atoms with Gasteiger partial charge in [-0.25, -0.2) is 0 Å². The molecule has 16 heavy (non-hydrogen) atoms. The van der Waals surface area contributed by atoms with Crippen LogP contribution >= 0.6 is 0 Å². The Labute approximate surface area is 98.6 Å². The molecule has 1 rings (SSSR count). The van der Waals surface area contributed by atoms with Crippen molar-refractivity contribution in [2.45, 2.75) is 51.6 Å². The van der Waals surface area contributed by atoms with Crippen LogP contribution in [-0.2, 0) is 4.79 Å². The van der Waals surface area contributed by atoms with E-state index < -0.39 is 0 Å². The molecule has 0 bridgehead atoms. The second kappa shape index (κ2) is 6.86. The van der Waals surface area contributed by atoms with Gasteiger partial charge in [-0.15, -0.1) is 0 Å². The summed E-state index contributed by atoms with van der Waals surface area (Å²) < 4.78 is 0. The molecule has 0 aliphatic carbocycles. The number of rotatable bonds is 6. The van der Waals surface area contributed by atoms with Crippen molar-refractivity contribution in [3.63, 3.8) is 0 Å². The van der Waals surface area contributed by atoms with Gasteiger partial charge in [0.2, 0.25) is 5.91 Å². The predicted octanol–water partition coefficient (Wildman–Crippen LogP) is 0.714. The minimum absolute atomic E-state index is 0.0206. The first-order valence-corrected chi connectivity index (χ1v) is 6.38. The fourth-order valence-electron chi connectivity index (χ4n) is 2.25. The maximum Gasteiger partial charge on any atom is 0.234 e. The second-order valence-electron chi connectivity index (χ2n) is 4.91. The van der Waals surface area contributed by atoms with Crippen molar-refractivity contribution in [3.05, 3.63) is 0 Å². The van der Waals surface area contributed by atoms with E-state index in [1.807, 2.05) is 0 Å². The number of nitrogens with one attached hydrogen (secondary N) is 1. The Bertz CT molecular complexity index is 218. The Morgan fingerprint density at radius 3 is 2.88 bits per heavy atom. The van der Waals surface area contributed by atoms with Gasteiger partial charge < -0.3 is 11.1 Å². The van der Waals surface area contributed by atoms with E-state index >= 15 is 0 Å². The maximum absolute atomic E-state index is 11.3. The van der Waals surface area contributed by atoms with Crippen molar-refractivity contribution in [2.75, 3.05) is 19.6 Å². The van der Waals surface area contributed by atoms with Crippen molar-refractivity contribution in [1.29, 1.82) is 0 Å². The Balaban J connectivity index is 2.24. The molecule has 1 amide bonds. The highest BCUT2D eigenvalue weighted by Crippen LogP contribution is 2.16. The summed E-state index contributed by atoms with van der Waals surface area (Å²) in [6, 6.07) is 0.515. The van der Waals surface area contributed by atoms with Gasteiger partial charge in [0.05, 0.1) is 6.04 Å². The van der Waals surface area contributed by atoms with Crippen molar-refractivity contribution < 1.29 is 4.79 Å². The number of nitrogens with zero attached hydrogens (tertiary/aromatic N) is 1. The summed E-state index contributed by atoms with van der Waals surface area (Å²) in [6.07, 6.45) is 4.35. The number of likely N-dealkylation sites (tertiary alicyclic amines) is 1. The number of amides is 1. The Morgan fingerprint density at radius 1 is 1.50 bits per heavy atom. The summed E-state index contributed by atoms with van der Waals surface area (Å²) in [5, 5.41) is 3.39. The normalized spacial score (nSPS) is 22.6. The van der Waals surface area contributed by atoms with E-state index in [9.17, 15) is 4.79 Å². The Kier molecular flexibility index (Phi) is 5.77. The lowest BCUT2D eigenvalue weighted by Crippen LogP contribution is -2.48. The summed E-state index contributed by atoms with van der Waals surface area (Å²) in [4.78, 5) is 13.5. The van der Waals surface area contributed by atoms with Crippen LogP contribution in [0.3, 0.4) is 0 Å². The zero-order valence-corrected chi connectivity index (χ0v) is 10.5. The first kappa shape index (κ1) is 13.5. The van der Waals surface area contributed by atoms with Gasteiger partial charge in [-0.2, -0.15) is 0 Å². The lowest BCUT2D eigenvalue weighted by atomic mass is 10.0.